The minimum atomic E-state index is -0.904. The summed E-state index contributed by atoms with van der Waals surface area (Å²) in [6, 6.07) is 0. The van der Waals surface area contributed by atoms with Crippen LogP contribution in [0.25, 0.3) is 0 Å². The molecule has 0 saturated heterocycles. The van der Waals surface area contributed by atoms with Gasteiger partial charge in [-0.15, -0.1) is 12.6 Å². The Bertz CT molecular complexity index is 185. The van der Waals surface area contributed by atoms with Gasteiger partial charge in [-0.2, -0.15) is 0 Å². The molecular formula is C12H28Ag2P2. The Morgan fingerprint density at radius 2 is 0.812 bits per heavy atom. The zero-order chi connectivity index (χ0) is 11.8. The summed E-state index contributed by atoms with van der Waals surface area (Å²) in [5.74, 6) is 0. The zero-order valence-corrected chi connectivity index (χ0v) is 15.9. The number of hydrogen-bond acceptors (Lipinski definition) is 0. The summed E-state index contributed by atoms with van der Waals surface area (Å²) in [5, 5.41) is 0. The van der Waals surface area contributed by atoms with Gasteiger partial charge in [0.1, 0.15) is 0 Å². The largest absolute Gasteiger partial charge is 1.00 e. The van der Waals surface area contributed by atoms with Gasteiger partial charge in [-0.1, -0.05) is 52.3 Å². The van der Waals surface area contributed by atoms with Crippen molar-refractivity contribution in [3.63, 3.8) is 0 Å². The summed E-state index contributed by atoms with van der Waals surface area (Å²) >= 11 is 0. The molecule has 0 aromatic rings. The van der Waals surface area contributed by atoms with Crippen LogP contribution in [0.1, 0.15) is 27.7 Å². The second-order valence-corrected chi connectivity index (χ2v) is 11.8. The van der Waals surface area contributed by atoms with Crippen molar-refractivity contribution in [1.82, 2.24) is 0 Å². The standard InChI is InChI=1S/2C6H14P.2Ag/c2*1-5-7(3,4)6-2;;/h2*3-6H2,1-2H3;;/q2*-1;2*+1. The Balaban J connectivity index is -0.0000000800. The van der Waals surface area contributed by atoms with Gasteiger partial charge in [-0.05, 0) is 0 Å². The van der Waals surface area contributed by atoms with Gasteiger partial charge in [0.05, 0.1) is 0 Å². The van der Waals surface area contributed by atoms with Crippen molar-refractivity contribution in [2.24, 2.45) is 0 Å². The fourth-order valence-electron chi connectivity index (χ4n) is 0.447. The fraction of sp³-hybridized carbons (Fsp3) is 0.667. The van der Waals surface area contributed by atoms with Gasteiger partial charge in [0.25, 0.3) is 0 Å². The molecule has 0 aliphatic rings. The van der Waals surface area contributed by atoms with Gasteiger partial charge in [0.15, 0.2) is 0 Å². The molecule has 0 spiro atoms. The molecule has 0 heterocycles. The van der Waals surface area contributed by atoms with Crippen LogP contribution in [0.15, 0.2) is 0 Å². The maximum atomic E-state index is 4.01. The van der Waals surface area contributed by atoms with Gasteiger partial charge in [-0.25, -0.2) is 13.8 Å². The molecule has 0 aliphatic heterocycles. The summed E-state index contributed by atoms with van der Waals surface area (Å²) in [5.41, 5.74) is 0. The van der Waals surface area contributed by atoms with E-state index in [1.165, 1.54) is 24.6 Å². The van der Waals surface area contributed by atoms with Gasteiger partial charge >= 0.3 is 44.8 Å². The first kappa shape index (κ1) is 26.6. The van der Waals surface area contributed by atoms with Crippen LogP contribution < -0.4 is 0 Å². The average molecular weight is 450 g/mol. The smallest absolute Gasteiger partial charge is 0.316 e. The third kappa shape index (κ3) is 18.4. The SMILES string of the molecule is C=P([CH2-])(CC)CC.C=P([CH2-])(CC)CC.[Ag+].[Ag+]. The molecule has 0 aliphatic carbocycles. The van der Waals surface area contributed by atoms with Crippen LogP contribution in [0.3, 0.4) is 0 Å². The third-order valence-electron chi connectivity index (χ3n) is 2.68. The van der Waals surface area contributed by atoms with Crippen LogP contribution in [0.5, 0.6) is 0 Å². The van der Waals surface area contributed by atoms with E-state index in [-0.39, 0.29) is 44.8 Å². The predicted molar refractivity (Wildman–Crippen MR) is 81.0 cm³/mol. The number of rotatable bonds is 4. The Kier molecular flexibility index (Phi) is 22.5. The summed E-state index contributed by atoms with van der Waals surface area (Å²) < 4.78 is 0. The van der Waals surface area contributed by atoms with Crippen molar-refractivity contribution in [1.29, 1.82) is 0 Å². The molecule has 0 aromatic heterocycles. The summed E-state index contributed by atoms with van der Waals surface area (Å²) in [7, 11) is 0. The molecule has 0 fully saturated rings. The molecule has 0 N–H and O–H groups in total. The van der Waals surface area contributed by atoms with Crippen LogP contribution in [-0.2, 0) is 44.8 Å². The molecular weight excluding hydrogens is 422 g/mol. The maximum Gasteiger partial charge on any atom is 1.00 e. The van der Waals surface area contributed by atoms with Gasteiger partial charge < -0.3 is 13.3 Å². The first-order chi connectivity index (χ1) is 6.24. The molecule has 0 nitrogen and oxygen atoms in total. The van der Waals surface area contributed by atoms with Crippen LogP contribution in [0.2, 0.25) is 0 Å². The minimum absolute atomic E-state index is 0. The van der Waals surface area contributed by atoms with E-state index >= 15 is 0 Å². The van der Waals surface area contributed by atoms with Gasteiger partial charge in [-0.3, -0.25) is 0 Å². The van der Waals surface area contributed by atoms with Crippen molar-refractivity contribution in [2.75, 3.05) is 24.6 Å². The molecule has 4 heteroatoms. The maximum absolute atomic E-state index is 4.01. The molecule has 0 saturated carbocycles. The first-order valence-corrected chi connectivity index (χ1v) is 10.4. The summed E-state index contributed by atoms with van der Waals surface area (Å²) in [6.07, 6.45) is 12.8. The van der Waals surface area contributed by atoms with E-state index in [4.69, 9.17) is 0 Å². The Labute approximate surface area is 136 Å². The van der Waals surface area contributed by atoms with E-state index in [0.717, 1.165) is 0 Å². The predicted octanol–water partition coefficient (Wildman–Crippen LogP) is 4.53. The van der Waals surface area contributed by atoms with Crippen LogP contribution in [0, 0.1) is 13.3 Å². The Hall–Kier alpha value is 2.08. The molecule has 0 bridgehead atoms. The topological polar surface area (TPSA) is 0 Å². The van der Waals surface area contributed by atoms with Crippen LogP contribution in [-0.4, -0.2) is 37.2 Å². The molecule has 0 radical (unpaired) electrons. The molecule has 0 amide bonds. The van der Waals surface area contributed by atoms with E-state index in [1.54, 1.807) is 0 Å². The monoisotopic (exact) mass is 448 g/mol. The Morgan fingerprint density at radius 3 is 0.812 bits per heavy atom. The molecule has 0 atom stereocenters. The molecule has 108 valence electrons. The zero-order valence-electron chi connectivity index (χ0n) is 11.2. The minimum Gasteiger partial charge on any atom is -0.316 e. The van der Waals surface area contributed by atoms with Crippen molar-refractivity contribution < 1.29 is 44.8 Å². The van der Waals surface area contributed by atoms with E-state index in [2.05, 4.69) is 53.6 Å². The van der Waals surface area contributed by atoms with Gasteiger partial charge in [0.2, 0.25) is 0 Å². The van der Waals surface area contributed by atoms with E-state index in [1.807, 2.05) is 0 Å². The second kappa shape index (κ2) is 13.5. The van der Waals surface area contributed by atoms with Gasteiger partial charge in [0, 0.05) is 0 Å². The first-order valence-electron chi connectivity index (χ1n) is 5.36. The third-order valence-corrected chi connectivity index (χ3v) is 8.05. The second-order valence-electron chi connectivity index (χ2n) is 3.95. The van der Waals surface area contributed by atoms with Crippen molar-refractivity contribution in [3.8, 4) is 0 Å². The van der Waals surface area contributed by atoms with Crippen molar-refractivity contribution in [3.05, 3.63) is 13.3 Å². The number of hydrogen-bond donors (Lipinski definition) is 0. The van der Waals surface area contributed by atoms with Crippen molar-refractivity contribution in [2.45, 2.75) is 27.7 Å². The summed E-state index contributed by atoms with van der Waals surface area (Å²) in [4.78, 5) is 0. The molecule has 0 aromatic carbocycles. The van der Waals surface area contributed by atoms with Crippen LogP contribution >= 0.6 is 13.8 Å². The average Bonchev–Trinajstić information content (AvgIpc) is 2.19. The van der Waals surface area contributed by atoms with Crippen molar-refractivity contribution >= 4 is 26.4 Å². The molecule has 0 unspecified atom stereocenters. The van der Waals surface area contributed by atoms with Crippen LogP contribution in [0.4, 0.5) is 0 Å². The van der Waals surface area contributed by atoms with E-state index in [9.17, 15) is 0 Å². The summed E-state index contributed by atoms with van der Waals surface area (Å²) in [6.45, 7) is 14.9. The normalized spacial score (nSPS) is 10.4. The van der Waals surface area contributed by atoms with E-state index in [0.29, 0.717) is 0 Å². The van der Waals surface area contributed by atoms with E-state index < -0.39 is 13.8 Å². The Morgan fingerprint density at radius 1 is 0.688 bits per heavy atom. The molecule has 0 rings (SSSR count). The quantitative estimate of drug-likeness (QED) is 0.336. The fourth-order valence-corrected chi connectivity index (χ4v) is 1.34. The molecule has 16 heavy (non-hydrogen) atoms.